The molecule has 2 aliphatic heterocycles. The molecule has 24 heavy (non-hydrogen) atoms. The van der Waals surface area contributed by atoms with E-state index in [0.29, 0.717) is 52.6 Å². The van der Waals surface area contributed by atoms with Gasteiger partial charge >= 0.3 is 0 Å². The van der Waals surface area contributed by atoms with E-state index in [1.54, 1.807) is 28.2 Å². The molecule has 130 valence electrons. The maximum Gasteiger partial charge on any atom is 0.284 e. The Hall–Kier alpha value is -2.07. The first-order chi connectivity index (χ1) is 11.7. The zero-order valence-corrected chi connectivity index (χ0v) is 13.4. The molecule has 0 saturated carbocycles. The zero-order valence-electron chi connectivity index (χ0n) is 13.4. The molecule has 2 fully saturated rings. The van der Waals surface area contributed by atoms with Gasteiger partial charge in [0, 0.05) is 26.2 Å². The lowest BCUT2D eigenvalue weighted by atomic mass is 10.3. The number of hydrogen-bond donors (Lipinski definition) is 2. The number of carbonyl (C=O) groups excluding carboxylic acids is 2. The Balaban J connectivity index is 1.60. The van der Waals surface area contributed by atoms with E-state index in [4.69, 9.17) is 9.47 Å². The van der Waals surface area contributed by atoms with Crippen LogP contribution in [0.15, 0.2) is 18.2 Å². The van der Waals surface area contributed by atoms with Crippen LogP contribution in [0.25, 0.3) is 0 Å². The summed E-state index contributed by atoms with van der Waals surface area (Å²) in [5.41, 5.74) is 5.96. The van der Waals surface area contributed by atoms with Crippen LogP contribution < -0.4 is 10.9 Å². The van der Waals surface area contributed by atoms with Crippen LogP contribution in [0.1, 0.15) is 21.0 Å². The molecule has 0 aliphatic carbocycles. The Kier molecular flexibility index (Phi) is 5.70. The highest BCUT2D eigenvalue weighted by atomic mass is 16.5. The van der Waals surface area contributed by atoms with E-state index in [1.807, 2.05) is 0 Å². The molecule has 0 unspecified atom stereocenters. The normalized spacial score (nSPS) is 19.7. The fourth-order valence-corrected chi connectivity index (χ4v) is 2.44. The van der Waals surface area contributed by atoms with Crippen LogP contribution in [0.2, 0.25) is 0 Å². The molecule has 9 nitrogen and oxygen atoms in total. The van der Waals surface area contributed by atoms with Crippen LogP contribution in [0.4, 0.5) is 0 Å². The number of hydrogen-bond acceptors (Lipinski definition) is 7. The molecule has 9 heteroatoms. The lowest BCUT2D eigenvalue weighted by Gasteiger charge is -2.27. The van der Waals surface area contributed by atoms with E-state index < -0.39 is 0 Å². The standard InChI is InChI=1S/C15H21N5O4/c21-14(17-19-4-8-23-9-5-19)12-2-1-3-13(16-12)15(22)18-20-6-10-24-11-7-20/h1-3H,4-11H2,(H,17,21)(H,18,22). The number of ether oxygens (including phenoxy) is 2. The lowest BCUT2D eigenvalue weighted by Crippen LogP contribution is -2.49. The number of carbonyl (C=O) groups is 2. The van der Waals surface area contributed by atoms with Gasteiger partial charge in [0.25, 0.3) is 11.8 Å². The van der Waals surface area contributed by atoms with Gasteiger partial charge in [0.1, 0.15) is 11.4 Å². The van der Waals surface area contributed by atoms with Crippen LogP contribution in [-0.4, -0.2) is 79.4 Å². The van der Waals surface area contributed by atoms with Gasteiger partial charge in [0.05, 0.1) is 26.4 Å². The molecule has 3 rings (SSSR count). The van der Waals surface area contributed by atoms with Crippen LogP contribution >= 0.6 is 0 Å². The smallest absolute Gasteiger partial charge is 0.284 e. The molecule has 0 atom stereocenters. The quantitative estimate of drug-likeness (QED) is 0.731. The summed E-state index contributed by atoms with van der Waals surface area (Å²) in [4.78, 5) is 28.7. The lowest BCUT2D eigenvalue weighted by molar-refractivity contribution is 0.0124. The minimum atomic E-state index is -0.335. The molecule has 2 aliphatic rings. The van der Waals surface area contributed by atoms with Crippen molar-refractivity contribution in [1.29, 1.82) is 0 Å². The maximum absolute atomic E-state index is 12.3. The highest BCUT2D eigenvalue weighted by Gasteiger charge is 2.18. The first-order valence-corrected chi connectivity index (χ1v) is 7.97. The van der Waals surface area contributed by atoms with Crippen LogP contribution in [0, 0.1) is 0 Å². The van der Waals surface area contributed by atoms with Crippen molar-refractivity contribution in [2.24, 2.45) is 0 Å². The summed E-state index contributed by atoms with van der Waals surface area (Å²) in [6, 6.07) is 4.82. The number of nitrogens with zero attached hydrogens (tertiary/aromatic N) is 3. The molecule has 0 spiro atoms. The minimum absolute atomic E-state index is 0.205. The number of rotatable bonds is 4. The second-order valence-electron chi connectivity index (χ2n) is 5.49. The van der Waals surface area contributed by atoms with Gasteiger partial charge in [-0.1, -0.05) is 6.07 Å². The van der Waals surface area contributed by atoms with Crippen LogP contribution in [-0.2, 0) is 9.47 Å². The van der Waals surface area contributed by atoms with Crippen LogP contribution in [0.3, 0.4) is 0 Å². The Bertz CT molecular complexity index is 538. The summed E-state index contributed by atoms with van der Waals surface area (Å²) in [5, 5.41) is 3.57. The van der Waals surface area contributed by atoms with Crippen molar-refractivity contribution in [1.82, 2.24) is 25.9 Å². The van der Waals surface area contributed by atoms with Crippen molar-refractivity contribution in [3.05, 3.63) is 29.6 Å². The molecule has 1 aromatic heterocycles. The number of nitrogens with one attached hydrogen (secondary N) is 2. The van der Waals surface area contributed by atoms with E-state index in [-0.39, 0.29) is 23.2 Å². The Morgan fingerprint density at radius 2 is 1.25 bits per heavy atom. The maximum atomic E-state index is 12.3. The Morgan fingerprint density at radius 1 is 0.833 bits per heavy atom. The fourth-order valence-electron chi connectivity index (χ4n) is 2.44. The second-order valence-corrected chi connectivity index (χ2v) is 5.49. The summed E-state index contributed by atoms with van der Waals surface area (Å²) < 4.78 is 10.5. The number of hydrazine groups is 2. The van der Waals surface area contributed by atoms with Crippen molar-refractivity contribution < 1.29 is 19.1 Å². The highest BCUT2D eigenvalue weighted by Crippen LogP contribution is 2.03. The van der Waals surface area contributed by atoms with Gasteiger partial charge < -0.3 is 9.47 Å². The Labute approximate surface area is 139 Å². The third-order valence-electron chi connectivity index (χ3n) is 3.76. The summed E-state index contributed by atoms with van der Waals surface area (Å²) >= 11 is 0. The third kappa shape index (κ3) is 4.48. The molecule has 2 N–H and O–H groups in total. The Morgan fingerprint density at radius 3 is 1.67 bits per heavy atom. The van der Waals surface area contributed by atoms with Crippen molar-refractivity contribution in [2.45, 2.75) is 0 Å². The number of aromatic nitrogens is 1. The first-order valence-electron chi connectivity index (χ1n) is 7.97. The second kappa shape index (κ2) is 8.15. The van der Waals surface area contributed by atoms with Crippen molar-refractivity contribution >= 4 is 11.8 Å². The number of amides is 2. The molecule has 2 saturated heterocycles. The number of morpholine rings is 2. The summed E-state index contributed by atoms with van der Waals surface area (Å²) in [6.45, 7) is 4.83. The molecule has 0 bridgehead atoms. The van der Waals surface area contributed by atoms with Gasteiger partial charge in [-0.15, -0.1) is 0 Å². The van der Waals surface area contributed by atoms with Gasteiger partial charge in [0.15, 0.2) is 0 Å². The minimum Gasteiger partial charge on any atom is -0.379 e. The first kappa shape index (κ1) is 16.8. The predicted molar refractivity (Wildman–Crippen MR) is 84.0 cm³/mol. The molecule has 0 radical (unpaired) electrons. The predicted octanol–water partition coefficient (Wildman–Crippen LogP) is -0.964. The van der Waals surface area contributed by atoms with E-state index >= 15 is 0 Å². The average molecular weight is 335 g/mol. The van der Waals surface area contributed by atoms with Gasteiger partial charge in [-0.3, -0.25) is 20.4 Å². The van der Waals surface area contributed by atoms with E-state index in [9.17, 15) is 9.59 Å². The molecule has 3 heterocycles. The summed E-state index contributed by atoms with van der Waals surface area (Å²) in [5.74, 6) is -0.671. The van der Waals surface area contributed by atoms with E-state index in [1.165, 1.54) is 0 Å². The summed E-state index contributed by atoms with van der Waals surface area (Å²) in [7, 11) is 0. The fraction of sp³-hybridized carbons (Fsp3) is 0.533. The highest BCUT2D eigenvalue weighted by molar-refractivity contribution is 5.95. The van der Waals surface area contributed by atoms with Gasteiger partial charge in [0.2, 0.25) is 0 Å². The van der Waals surface area contributed by atoms with Crippen LogP contribution in [0.5, 0.6) is 0 Å². The van der Waals surface area contributed by atoms with E-state index in [2.05, 4.69) is 15.8 Å². The molecular formula is C15H21N5O4. The third-order valence-corrected chi connectivity index (χ3v) is 3.76. The van der Waals surface area contributed by atoms with Gasteiger partial charge in [-0.25, -0.2) is 15.0 Å². The van der Waals surface area contributed by atoms with Crippen molar-refractivity contribution in [2.75, 3.05) is 52.6 Å². The van der Waals surface area contributed by atoms with Crippen molar-refractivity contribution in [3.8, 4) is 0 Å². The monoisotopic (exact) mass is 335 g/mol. The number of pyridine rings is 1. The van der Waals surface area contributed by atoms with Crippen molar-refractivity contribution in [3.63, 3.8) is 0 Å². The molecular weight excluding hydrogens is 314 g/mol. The van der Waals surface area contributed by atoms with Gasteiger partial charge in [-0.05, 0) is 12.1 Å². The molecule has 2 amide bonds. The summed E-state index contributed by atoms with van der Waals surface area (Å²) in [6.07, 6.45) is 0. The topological polar surface area (TPSA) is 96.0 Å². The zero-order chi connectivity index (χ0) is 16.8. The van der Waals surface area contributed by atoms with Gasteiger partial charge in [-0.2, -0.15) is 0 Å². The van der Waals surface area contributed by atoms with E-state index in [0.717, 1.165) is 0 Å². The SMILES string of the molecule is O=C(NN1CCOCC1)c1cccc(C(=O)NN2CCOCC2)n1. The largest absolute Gasteiger partial charge is 0.379 e. The average Bonchev–Trinajstić information content (AvgIpc) is 2.63. The molecule has 0 aromatic carbocycles. The molecule has 1 aromatic rings.